The molecular weight excluding hydrogens is 350 g/mol. The maximum atomic E-state index is 14.0. The van der Waals surface area contributed by atoms with Gasteiger partial charge in [0.15, 0.2) is 0 Å². The lowest BCUT2D eigenvalue weighted by Crippen LogP contribution is -2.49. The van der Waals surface area contributed by atoms with Gasteiger partial charge in [0, 0.05) is 51.3 Å². The Hall–Kier alpha value is -2.03. The van der Waals surface area contributed by atoms with Crippen LogP contribution in [0.2, 0.25) is 0 Å². The number of hydrogen-bond donors (Lipinski definition) is 2. The average Bonchev–Trinajstić information content (AvgIpc) is 3.05. The molecule has 27 heavy (non-hydrogen) atoms. The van der Waals surface area contributed by atoms with Crippen LogP contribution < -0.4 is 10.7 Å². The summed E-state index contributed by atoms with van der Waals surface area (Å²) in [6, 6.07) is 2.76. The number of alkyl halides is 1. The minimum absolute atomic E-state index is 0.194. The quantitative estimate of drug-likeness (QED) is 0.752. The number of halogens is 2. The monoisotopic (exact) mass is 378 g/mol. The zero-order valence-corrected chi connectivity index (χ0v) is 16.1. The van der Waals surface area contributed by atoms with Gasteiger partial charge in [-0.05, 0) is 37.8 Å². The largest absolute Gasteiger partial charge is 0.363 e. The van der Waals surface area contributed by atoms with Gasteiger partial charge in [0.25, 0.3) is 0 Å². The highest BCUT2D eigenvalue weighted by atomic mass is 19.1. The zero-order valence-electron chi connectivity index (χ0n) is 16.1. The standard InChI is InChI=1S/C19H28F2N6/c1-4-27-15(8-17(24-27)19-16(21)6-5-7-23-19)11-22-10-14-12-25(2)18(9-20)26(3)13-14/h5-8,12,17-18,22,24H,4,9-11,13H2,1-3H3. The van der Waals surface area contributed by atoms with E-state index >= 15 is 0 Å². The molecule has 0 saturated carbocycles. The number of pyridine rings is 1. The van der Waals surface area contributed by atoms with Crippen LogP contribution in [0.25, 0.3) is 0 Å². The summed E-state index contributed by atoms with van der Waals surface area (Å²) in [5.74, 6) is -0.308. The summed E-state index contributed by atoms with van der Waals surface area (Å²) in [7, 11) is 3.83. The Bertz CT molecular complexity index is 707. The van der Waals surface area contributed by atoms with E-state index in [-0.39, 0.29) is 24.7 Å². The fraction of sp³-hybridized carbons (Fsp3) is 0.526. The fourth-order valence-electron chi connectivity index (χ4n) is 3.62. The van der Waals surface area contributed by atoms with Gasteiger partial charge in [-0.2, -0.15) is 0 Å². The first-order valence-corrected chi connectivity index (χ1v) is 9.26. The van der Waals surface area contributed by atoms with Gasteiger partial charge >= 0.3 is 0 Å². The second-order valence-electron chi connectivity index (χ2n) is 6.99. The van der Waals surface area contributed by atoms with Crippen molar-refractivity contribution in [3.05, 3.63) is 53.4 Å². The van der Waals surface area contributed by atoms with Crippen LogP contribution in [0.5, 0.6) is 0 Å². The number of nitrogens with one attached hydrogen (secondary N) is 2. The van der Waals surface area contributed by atoms with Crippen LogP contribution in [-0.2, 0) is 0 Å². The van der Waals surface area contributed by atoms with Crippen LogP contribution >= 0.6 is 0 Å². The third-order valence-corrected chi connectivity index (χ3v) is 5.01. The SMILES string of the molecule is CCN1NC(c2ncccc2F)C=C1CNCC1=CN(C)C(CF)N(C)C1. The van der Waals surface area contributed by atoms with Crippen LogP contribution in [-0.4, -0.2) is 72.9 Å². The molecular formula is C19H28F2N6. The second kappa shape index (κ2) is 8.77. The topological polar surface area (TPSA) is 46.7 Å². The van der Waals surface area contributed by atoms with Crippen molar-refractivity contribution in [2.75, 3.05) is 46.9 Å². The van der Waals surface area contributed by atoms with Gasteiger partial charge in [-0.15, -0.1) is 0 Å². The Labute approximate surface area is 159 Å². The first kappa shape index (κ1) is 19.7. The van der Waals surface area contributed by atoms with Crippen LogP contribution in [0.1, 0.15) is 18.7 Å². The van der Waals surface area contributed by atoms with Crippen LogP contribution in [0.15, 0.2) is 41.9 Å². The minimum Gasteiger partial charge on any atom is -0.363 e. The van der Waals surface area contributed by atoms with Crippen molar-refractivity contribution in [3.63, 3.8) is 0 Å². The Kier molecular flexibility index (Phi) is 6.41. The smallest absolute Gasteiger partial charge is 0.146 e. The van der Waals surface area contributed by atoms with E-state index in [4.69, 9.17) is 0 Å². The van der Waals surface area contributed by atoms with Crippen molar-refractivity contribution >= 4 is 0 Å². The van der Waals surface area contributed by atoms with E-state index in [1.165, 1.54) is 11.6 Å². The molecule has 6 nitrogen and oxygen atoms in total. The Morgan fingerprint density at radius 1 is 1.33 bits per heavy atom. The third kappa shape index (κ3) is 4.45. The van der Waals surface area contributed by atoms with Gasteiger partial charge in [0.05, 0.1) is 11.7 Å². The molecule has 0 fully saturated rings. The molecule has 3 heterocycles. The highest BCUT2D eigenvalue weighted by Gasteiger charge is 2.26. The van der Waals surface area contributed by atoms with E-state index in [0.717, 1.165) is 18.8 Å². The number of aromatic nitrogens is 1. The van der Waals surface area contributed by atoms with Crippen molar-refractivity contribution < 1.29 is 8.78 Å². The summed E-state index contributed by atoms with van der Waals surface area (Å²) in [5.41, 5.74) is 5.96. The molecule has 0 amide bonds. The molecule has 0 saturated heterocycles. The van der Waals surface area contributed by atoms with Gasteiger partial charge in [0.2, 0.25) is 0 Å². The Morgan fingerprint density at radius 3 is 2.81 bits per heavy atom. The van der Waals surface area contributed by atoms with Crippen molar-refractivity contribution in [2.24, 2.45) is 0 Å². The molecule has 0 aliphatic carbocycles. The summed E-state index contributed by atoms with van der Waals surface area (Å²) in [6.07, 6.45) is 5.44. The van der Waals surface area contributed by atoms with Gasteiger partial charge in [0.1, 0.15) is 18.7 Å². The van der Waals surface area contributed by atoms with Gasteiger partial charge < -0.3 is 15.2 Å². The number of hydrogen-bond acceptors (Lipinski definition) is 6. The summed E-state index contributed by atoms with van der Waals surface area (Å²) in [4.78, 5) is 8.09. The lowest BCUT2D eigenvalue weighted by molar-refractivity contribution is 0.0857. The predicted octanol–water partition coefficient (Wildman–Crippen LogP) is 1.63. The molecule has 2 unspecified atom stereocenters. The van der Waals surface area contributed by atoms with E-state index in [9.17, 15) is 8.78 Å². The maximum Gasteiger partial charge on any atom is 0.146 e. The van der Waals surface area contributed by atoms with Gasteiger partial charge in [-0.1, -0.05) is 0 Å². The highest BCUT2D eigenvalue weighted by Crippen LogP contribution is 2.24. The molecule has 0 spiro atoms. The molecule has 0 radical (unpaired) electrons. The molecule has 8 heteroatoms. The normalized spacial score (nSPS) is 23.6. The molecule has 2 aliphatic heterocycles. The molecule has 148 valence electrons. The molecule has 3 rings (SSSR count). The van der Waals surface area contributed by atoms with E-state index in [0.29, 0.717) is 18.8 Å². The van der Waals surface area contributed by atoms with E-state index in [1.54, 1.807) is 12.3 Å². The zero-order chi connectivity index (χ0) is 19.4. The molecule has 2 atom stereocenters. The van der Waals surface area contributed by atoms with Gasteiger partial charge in [-0.3, -0.25) is 9.88 Å². The second-order valence-corrected chi connectivity index (χ2v) is 6.99. The first-order chi connectivity index (χ1) is 13.0. The number of rotatable bonds is 7. The maximum absolute atomic E-state index is 14.0. The average molecular weight is 378 g/mol. The lowest BCUT2D eigenvalue weighted by atomic mass is 10.1. The first-order valence-electron chi connectivity index (χ1n) is 9.26. The summed E-state index contributed by atoms with van der Waals surface area (Å²) in [5, 5.41) is 5.45. The highest BCUT2D eigenvalue weighted by molar-refractivity contribution is 5.24. The Morgan fingerprint density at radius 2 is 2.15 bits per heavy atom. The fourth-order valence-corrected chi connectivity index (χ4v) is 3.62. The van der Waals surface area contributed by atoms with Crippen molar-refractivity contribution in [1.82, 2.24) is 30.5 Å². The Balaban J connectivity index is 1.60. The summed E-state index contributed by atoms with van der Waals surface area (Å²) < 4.78 is 27.1. The lowest BCUT2D eigenvalue weighted by Gasteiger charge is -2.38. The van der Waals surface area contributed by atoms with Crippen LogP contribution in [0, 0.1) is 5.82 Å². The van der Waals surface area contributed by atoms with Crippen LogP contribution in [0.3, 0.4) is 0 Å². The van der Waals surface area contributed by atoms with Gasteiger partial charge in [-0.25, -0.2) is 14.2 Å². The summed E-state index contributed by atoms with van der Waals surface area (Å²) in [6.45, 7) is 4.53. The molecule has 2 N–H and O–H groups in total. The van der Waals surface area contributed by atoms with E-state index in [1.807, 2.05) is 48.1 Å². The molecule has 1 aromatic heterocycles. The van der Waals surface area contributed by atoms with Crippen molar-refractivity contribution in [3.8, 4) is 0 Å². The molecule has 2 aliphatic rings. The molecule has 0 aromatic carbocycles. The number of nitrogens with zero attached hydrogens (tertiary/aromatic N) is 4. The van der Waals surface area contributed by atoms with Crippen molar-refractivity contribution in [2.45, 2.75) is 19.1 Å². The van der Waals surface area contributed by atoms with Crippen LogP contribution in [0.4, 0.5) is 8.78 Å². The number of hydrazine groups is 1. The summed E-state index contributed by atoms with van der Waals surface area (Å²) >= 11 is 0. The minimum atomic E-state index is -0.389. The molecule has 1 aromatic rings. The molecule has 0 bridgehead atoms. The number of likely N-dealkylation sites (N-methyl/N-ethyl adjacent to an activating group) is 2. The van der Waals surface area contributed by atoms with Crippen molar-refractivity contribution in [1.29, 1.82) is 0 Å². The predicted molar refractivity (Wildman–Crippen MR) is 102 cm³/mol. The third-order valence-electron chi connectivity index (χ3n) is 5.01. The van der Waals surface area contributed by atoms with E-state index in [2.05, 4.69) is 15.7 Å². The van der Waals surface area contributed by atoms with E-state index < -0.39 is 0 Å².